The number of imidazole rings is 1. The normalized spacial score (nSPS) is 18.0. The van der Waals surface area contributed by atoms with Crippen LogP contribution in [0.4, 0.5) is 0 Å². The molecule has 142 valence electrons. The molecule has 1 aliphatic rings. The van der Waals surface area contributed by atoms with Gasteiger partial charge in [-0.05, 0) is 30.5 Å². The quantitative estimate of drug-likeness (QED) is 0.692. The second-order valence-electron chi connectivity index (χ2n) is 7.25. The minimum Gasteiger partial charge on any atom is -0.334 e. The van der Waals surface area contributed by atoms with Crippen LogP contribution < -0.4 is 0 Å². The summed E-state index contributed by atoms with van der Waals surface area (Å²) in [5.74, 6) is -0.0504. The van der Waals surface area contributed by atoms with Gasteiger partial charge < -0.3 is 4.57 Å². The molecule has 8 heteroatoms. The highest BCUT2D eigenvalue weighted by Crippen LogP contribution is 2.35. The van der Waals surface area contributed by atoms with Crippen molar-refractivity contribution in [3.05, 3.63) is 65.9 Å². The van der Waals surface area contributed by atoms with Gasteiger partial charge >= 0.3 is 0 Å². The van der Waals surface area contributed by atoms with Crippen molar-refractivity contribution in [3.8, 4) is 0 Å². The Balaban J connectivity index is 1.74. The smallest absolute Gasteiger partial charge is 0.262 e. The van der Waals surface area contributed by atoms with Crippen LogP contribution in [0.3, 0.4) is 0 Å². The molecule has 0 bridgehead atoms. The van der Waals surface area contributed by atoms with Crippen LogP contribution in [0.2, 0.25) is 0 Å². The monoisotopic (exact) mass is 385 g/mol. The third-order valence-electron chi connectivity index (χ3n) is 5.07. The Morgan fingerprint density at radius 3 is 2.63 bits per heavy atom. The Hall–Kier alpha value is -2.45. The number of benzene rings is 1. The van der Waals surface area contributed by atoms with E-state index in [9.17, 15) is 8.42 Å². The number of aryl methyl sites for hydroxylation is 1. The second kappa shape index (κ2) is 6.61. The Morgan fingerprint density at radius 1 is 1.19 bits per heavy atom. The Bertz CT molecular complexity index is 1070. The largest absolute Gasteiger partial charge is 0.334 e. The summed E-state index contributed by atoms with van der Waals surface area (Å²) in [6, 6.07) is 8.17. The van der Waals surface area contributed by atoms with Gasteiger partial charge in [0.25, 0.3) is 10.0 Å². The van der Waals surface area contributed by atoms with E-state index in [4.69, 9.17) is 0 Å². The maximum absolute atomic E-state index is 13.2. The van der Waals surface area contributed by atoms with Gasteiger partial charge in [0.15, 0.2) is 5.03 Å². The van der Waals surface area contributed by atoms with E-state index in [-0.39, 0.29) is 17.0 Å². The number of rotatable bonds is 4. The maximum Gasteiger partial charge on any atom is 0.262 e. The molecule has 0 amide bonds. The maximum atomic E-state index is 13.2. The lowest BCUT2D eigenvalue weighted by Gasteiger charge is -2.33. The summed E-state index contributed by atoms with van der Waals surface area (Å²) in [5, 5.41) is 4.36. The van der Waals surface area contributed by atoms with Gasteiger partial charge in [-0.1, -0.05) is 24.3 Å². The van der Waals surface area contributed by atoms with Gasteiger partial charge in [-0.3, -0.25) is 4.68 Å². The first-order valence-corrected chi connectivity index (χ1v) is 10.4. The number of sulfonamides is 1. The van der Waals surface area contributed by atoms with E-state index < -0.39 is 10.0 Å². The van der Waals surface area contributed by atoms with E-state index in [1.54, 1.807) is 17.2 Å². The third-order valence-corrected chi connectivity index (χ3v) is 6.77. The molecule has 0 aliphatic carbocycles. The standard InChI is InChI=1S/C19H23N5O2S/c1-14(2)23-12-19(20-13-23)27(25,26)24-10-15-6-4-5-7-17(15)18(11-24)16-8-21-22(3)9-16/h4-9,12-14,18H,10-11H2,1-3H3. The summed E-state index contributed by atoms with van der Waals surface area (Å²) >= 11 is 0. The number of hydrogen-bond acceptors (Lipinski definition) is 4. The molecule has 1 aliphatic heterocycles. The van der Waals surface area contributed by atoms with E-state index in [1.807, 2.05) is 56.1 Å². The molecule has 0 fully saturated rings. The molecule has 0 saturated heterocycles. The summed E-state index contributed by atoms with van der Waals surface area (Å²) in [5.41, 5.74) is 3.19. The number of hydrogen-bond donors (Lipinski definition) is 0. The van der Waals surface area contributed by atoms with Crippen molar-refractivity contribution in [2.75, 3.05) is 6.54 Å². The fourth-order valence-corrected chi connectivity index (χ4v) is 4.88. The molecule has 1 atom stereocenters. The molecule has 0 N–H and O–H groups in total. The summed E-state index contributed by atoms with van der Waals surface area (Å²) < 4.78 is 31.6. The van der Waals surface area contributed by atoms with Crippen molar-refractivity contribution in [2.45, 2.75) is 37.4 Å². The zero-order valence-corrected chi connectivity index (χ0v) is 16.5. The molecule has 0 spiro atoms. The van der Waals surface area contributed by atoms with E-state index in [0.29, 0.717) is 13.1 Å². The average molecular weight is 385 g/mol. The second-order valence-corrected chi connectivity index (χ2v) is 9.13. The first-order chi connectivity index (χ1) is 12.9. The van der Waals surface area contributed by atoms with Crippen molar-refractivity contribution in [2.24, 2.45) is 7.05 Å². The molecule has 0 radical (unpaired) electrons. The van der Waals surface area contributed by atoms with Crippen molar-refractivity contribution in [1.82, 2.24) is 23.6 Å². The number of nitrogens with zero attached hydrogens (tertiary/aromatic N) is 5. The van der Waals surface area contributed by atoms with Gasteiger partial charge in [-0.25, -0.2) is 13.4 Å². The predicted molar refractivity (Wildman–Crippen MR) is 102 cm³/mol. The van der Waals surface area contributed by atoms with E-state index >= 15 is 0 Å². The SMILES string of the molecule is CC(C)n1cnc(S(=O)(=O)N2Cc3ccccc3C(c3cnn(C)c3)C2)c1. The van der Waals surface area contributed by atoms with Crippen LogP contribution >= 0.6 is 0 Å². The summed E-state index contributed by atoms with van der Waals surface area (Å²) in [4.78, 5) is 4.16. The molecule has 27 heavy (non-hydrogen) atoms. The van der Waals surface area contributed by atoms with Gasteiger partial charge in [0.1, 0.15) is 0 Å². The average Bonchev–Trinajstić information content (AvgIpc) is 3.30. The van der Waals surface area contributed by atoms with Crippen LogP contribution in [0.1, 0.15) is 42.5 Å². The van der Waals surface area contributed by atoms with Crippen molar-refractivity contribution < 1.29 is 8.42 Å². The highest BCUT2D eigenvalue weighted by Gasteiger charge is 2.35. The van der Waals surface area contributed by atoms with E-state index in [1.165, 1.54) is 4.31 Å². The van der Waals surface area contributed by atoms with Gasteiger partial charge in [-0.2, -0.15) is 9.40 Å². The zero-order valence-electron chi connectivity index (χ0n) is 15.6. The summed E-state index contributed by atoms with van der Waals surface area (Å²) in [7, 11) is -1.81. The van der Waals surface area contributed by atoms with Crippen LogP contribution in [0.5, 0.6) is 0 Å². The molecular weight excluding hydrogens is 362 g/mol. The Morgan fingerprint density at radius 2 is 1.96 bits per heavy atom. The van der Waals surface area contributed by atoms with E-state index in [2.05, 4.69) is 16.1 Å². The molecule has 3 aromatic rings. The fourth-order valence-electron chi connectivity index (χ4n) is 3.53. The first-order valence-electron chi connectivity index (χ1n) is 8.96. The van der Waals surface area contributed by atoms with Crippen molar-refractivity contribution in [1.29, 1.82) is 0 Å². The predicted octanol–water partition coefficient (Wildman–Crippen LogP) is 2.53. The topological polar surface area (TPSA) is 73.0 Å². The van der Waals surface area contributed by atoms with Crippen LogP contribution in [0, 0.1) is 0 Å². The zero-order chi connectivity index (χ0) is 19.2. The molecule has 4 rings (SSSR count). The molecule has 2 aromatic heterocycles. The minimum atomic E-state index is -3.68. The number of fused-ring (bicyclic) bond motifs is 1. The van der Waals surface area contributed by atoms with E-state index in [0.717, 1.165) is 16.7 Å². The molecule has 0 saturated carbocycles. The summed E-state index contributed by atoms with van der Waals surface area (Å²) in [6.07, 6.45) is 6.95. The van der Waals surface area contributed by atoms with Gasteiger partial charge in [0, 0.05) is 44.5 Å². The van der Waals surface area contributed by atoms with Crippen LogP contribution in [-0.4, -0.2) is 38.6 Å². The lowest BCUT2D eigenvalue weighted by Crippen LogP contribution is -2.38. The Labute approximate surface area is 159 Å². The van der Waals surface area contributed by atoms with Gasteiger partial charge in [0.2, 0.25) is 0 Å². The molecule has 7 nitrogen and oxygen atoms in total. The lowest BCUT2D eigenvalue weighted by atomic mass is 9.87. The fraction of sp³-hybridized carbons (Fsp3) is 0.368. The Kier molecular flexibility index (Phi) is 4.39. The first kappa shape index (κ1) is 17.9. The molecule has 3 heterocycles. The molecular formula is C19H23N5O2S. The highest BCUT2D eigenvalue weighted by molar-refractivity contribution is 7.89. The summed E-state index contributed by atoms with van der Waals surface area (Å²) in [6.45, 7) is 4.71. The van der Waals surface area contributed by atoms with Gasteiger partial charge in [0.05, 0.1) is 12.5 Å². The third kappa shape index (κ3) is 3.19. The minimum absolute atomic E-state index is 0.0504. The van der Waals surface area contributed by atoms with Crippen molar-refractivity contribution >= 4 is 10.0 Å². The van der Waals surface area contributed by atoms with Crippen LogP contribution in [0.15, 0.2) is 54.2 Å². The lowest BCUT2D eigenvalue weighted by molar-refractivity contribution is 0.370. The molecule has 1 unspecified atom stereocenters. The molecule has 1 aromatic carbocycles. The highest BCUT2D eigenvalue weighted by atomic mass is 32.2. The van der Waals surface area contributed by atoms with Crippen LogP contribution in [-0.2, 0) is 23.6 Å². The van der Waals surface area contributed by atoms with Crippen molar-refractivity contribution in [3.63, 3.8) is 0 Å². The van der Waals surface area contributed by atoms with Gasteiger partial charge in [-0.15, -0.1) is 0 Å². The number of aromatic nitrogens is 4. The van der Waals surface area contributed by atoms with Crippen LogP contribution in [0.25, 0.3) is 0 Å².